The van der Waals surface area contributed by atoms with E-state index in [4.69, 9.17) is 0 Å². The van der Waals surface area contributed by atoms with Gasteiger partial charge in [-0.3, -0.25) is 4.79 Å². The number of rotatable bonds is 7. The fourth-order valence-electron chi connectivity index (χ4n) is 3.38. The summed E-state index contributed by atoms with van der Waals surface area (Å²) >= 11 is 1.74. The fraction of sp³-hybridized carbons (Fsp3) is 0.381. The summed E-state index contributed by atoms with van der Waals surface area (Å²) in [4.78, 5) is 15.9. The molecule has 4 heteroatoms. The van der Waals surface area contributed by atoms with Crippen LogP contribution in [0.25, 0.3) is 0 Å². The summed E-state index contributed by atoms with van der Waals surface area (Å²) in [5, 5.41) is 3.13. The Labute approximate surface area is 154 Å². The van der Waals surface area contributed by atoms with Crippen LogP contribution in [0.15, 0.2) is 59.5 Å². The molecule has 1 heterocycles. The number of aryl methyl sites for hydroxylation is 1. The number of anilines is 1. The molecule has 2 aromatic rings. The molecule has 25 heavy (non-hydrogen) atoms. The Morgan fingerprint density at radius 1 is 1.16 bits per heavy atom. The van der Waals surface area contributed by atoms with E-state index in [0.717, 1.165) is 25.9 Å². The Bertz CT molecular complexity index is 672. The van der Waals surface area contributed by atoms with Crippen molar-refractivity contribution >= 4 is 23.4 Å². The van der Waals surface area contributed by atoms with Gasteiger partial charge in [-0.15, -0.1) is 11.8 Å². The Morgan fingerprint density at radius 3 is 2.64 bits per heavy atom. The van der Waals surface area contributed by atoms with Crippen LogP contribution in [0.4, 0.5) is 5.69 Å². The maximum Gasteiger partial charge on any atom is 0.220 e. The number of carbonyl (C=O) groups is 1. The lowest BCUT2D eigenvalue weighted by atomic mass is 10.1. The van der Waals surface area contributed by atoms with Crippen molar-refractivity contribution in [3.8, 4) is 0 Å². The minimum absolute atomic E-state index is 0.147. The van der Waals surface area contributed by atoms with Crippen LogP contribution in [-0.2, 0) is 11.2 Å². The SMILES string of the molecule is CSc1ccc(CCC(=O)NC[C@@H]2CCCN2c2ccccc2)cc1. The standard InChI is InChI=1S/C21H26N2OS/c1-25-20-12-9-17(10-13-20)11-14-21(24)22-16-19-8-5-15-23(19)18-6-3-2-4-7-18/h2-4,6-7,9-10,12-13,19H,5,8,11,14-16H2,1H3,(H,22,24)/t19-/m0/s1. The highest BCUT2D eigenvalue weighted by Crippen LogP contribution is 2.24. The van der Waals surface area contributed by atoms with Gasteiger partial charge in [-0.25, -0.2) is 0 Å². The summed E-state index contributed by atoms with van der Waals surface area (Å²) in [6, 6.07) is 19.4. The van der Waals surface area contributed by atoms with E-state index in [1.807, 2.05) is 6.07 Å². The molecule has 3 nitrogen and oxygen atoms in total. The summed E-state index contributed by atoms with van der Waals surface area (Å²) in [7, 11) is 0. The second-order valence-corrected chi connectivity index (χ2v) is 7.36. The van der Waals surface area contributed by atoms with Gasteiger partial charge in [0.1, 0.15) is 0 Å². The molecule has 1 saturated heterocycles. The molecule has 1 aliphatic heterocycles. The molecule has 132 valence electrons. The Balaban J connectivity index is 1.45. The molecule has 0 radical (unpaired) electrons. The predicted molar refractivity (Wildman–Crippen MR) is 106 cm³/mol. The lowest BCUT2D eigenvalue weighted by molar-refractivity contribution is -0.121. The lowest BCUT2D eigenvalue weighted by Crippen LogP contribution is -2.40. The van der Waals surface area contributed by atoms with Gasteiger partial charge < -0.3 is 10.2 Å². The lowest BCUT2D eigenvalue weighted by Gasteiger charge is -2.27. The summed E-state index contributed by atoms with van der Waals surface area (Å²) in [6.45, 7) is 1.81. The van der Waals surface area contributed by atoms with Crippen molar-refractivity contribution in [1.29, 1.82) is 0 Å². The Morgan fingerprint density at radius 2 is 1.92 bits per heavy atom. The summed E-state index contributed by atoms with van der Waals surface area (Å²) in [5.41, 5.74) is 2.48. The molecule has 0 aromatic heterocycles. The maximum absolute atomic E-state index is 12.2. The highest BCUT2D eigenvalue weighted by atomic mass is 32.2. The molecule has 1 fully saturated rings. The molecule has 0 saturated carbocycles. The van der Waals surface area contributed by atoms with E-state index in [1.165, 1.54) is 22.6 Å². The third-order valence-corrected chi connectivity index (χ3v) is 5.54. The summed E-state index contributed by atoms with van der Waals surface area (Å²) in [5.74, 6) is 0.147. The number of amides is 1. The van der Waals surface area contributed by atoms with Crippen molar-refractivity contribution in [3.05, 3.63) is 60.2 Å². The second-order valence-electron chi connectivity index (χ2n) is 6.48. The van der Waals surface area contributed by atoms with Crippen LogP contribution in [0.2, 0.25) is 0 Å². The topological polar surface area (TPSA) is 32.3 Å². The zero-order valence-corrected chi connectivity index (χ0v) is 15.6. The second kappa shape index (κ2) is 8.95. The smallest absolute Gasteiger partial charge is 0.220 e. The largest absolute Gasteiger partial charge is 0.367 e. The molecule has 0 spiro atoms. The van der Waals surface area contributed by atoms with Crippen molar-refractivity contribution < 1.29 is 4.79 Å². The predicted octanol–water partition coefficient (Wildman–Crippen LogP) is 4.13. The zero-order valence-electron chi connectivity index (χ0n) is 14.8. The Hall–Kier alpha value is -1.94. The third-order valence-electron chi connectivity index (χ3n) is 4.80. The average Bonchev–Trinajstić information content (AvgIpc) is 3.14. The van der Waals surface area contributed by atoms with Gasteiger partial charge >= 0.3 is 0 Å². The van der Waals surface area contributed by atoms with Crippen molar-refractivity contribution in [3.63, 3.8) is 0 Å². The van der Waals surface area contributed by atoms with Gasteiger partial charge in [0.15, 0.2) is 0 Å². The van der Waals surface area contributed by atoms with E-state index >= 15 is 0 Å². The quantitative estimate of drug-likeness (QED) is 0.759. The molecule has 0 aliphatic carbocycles. The van der Waals surface area contributed by atoms with Crippen LogP contribution in [0.1, 0.15) is 24.8 Å². The van der Waals surface area contributed by atoms with E-state index in [2.05, 4.69) is 65.0 Å². The molecule has 1 N–H and O–H groups in total. The van der Waals surface area contributed by atoms with Gasteiger partial charge in [0.05, 0.1) is 0 Å². The molecule has 3 rings (SSSR count). The van der Waals surface area contributed by atoms with Crippen molar-refractivity contribution in [1.82, 2.24) is 5.32 Å². The van der Waals surface area contributed by atoms with Crippen LogP contribution in [-0.4, -0.2) is 31.3 Å². The first-order chi connectivity index (χ1) is 12.3. The molecular formula is C21H26N2OS. The highest BCUT2D eigenvalue weighted by Gasteiger charge is 2.24. The van der Waals surface area contributed by atoms with E-state index in [1.54, 1.807) is 11.8 Å². The van der Waals surface area contributed by atoms with Crippen molar-refractivity contribution in [2.45, 2.75) is 36.6 Å². The van der Waals surface area contributed by atoms with Gasteiger partial charge in [0.25, 0.3) is 0 Å². The number of hydrogen-bond donors (Lipinski definition) is 1. The number of carbonyl (C=O) groups excluding carboxylic acids is 1. The minimum atomic E-state index is 0.147. The van der Waals surface area contributed by atoms with E-state index < -0.39 is 0 Å². The summed E-state index contributed by atoms with van der Waals surface area (Å²) < 4.78 is 0. The van der Waals surface area contributed by atoms with Crippen LogP contribution in [0.3, 0.4) is 0 Å². The van der Waals surface area contributed by atoms with Crippen LogP contribution >= 0.6 is 11.8 Å². The van der Waals surface area contributed by atoms with E-state index in [-0.39, 0.29) is 5.91 Å². The maximum atomic E-state index is 12.2. The normalized spacial score (nSPS) is 16.8. The minimum Gasteiger partial charge on any atom is -0.367 e. The molecule has 1 aliphatic rings. The number of nitrogens with one attached hydrogen (secondary N) is 1. The van der Waals surface area contributed by atoms with Gasteiger partial charge in [-0.2, -0.15) is 0 Å². The molecule has 0 bridgehead atoms. The van der Waals surface area contributed by atoms with Crippen LogP contribution in [0, 0.1) is 0 Å². The first kappa shape index (κ1) is 17.9. The number of hydrogen-bond acceptors (Lipinski definition) is 3. The third kappa shape index (κ3) is 5.02. The molecule has 1 atom stereocenters. The molecular weight excluding hydrogens is 328 g/mol. The van der Waals surface area contributed by atoms with Crippen LogP contribution in [0.5, 0.6) is 0 Å². The van der Waals surface area contributed by atoms with Crippen LogP contribution < -0.4 is 10.2 Å². The molecule has 1 amide bonds. The number of benzene rings is 2. The van der Waals surface area contributed by atoms with Gasteiger partial charge in [0, 0.05) is 36.1 Å². The van der Waals surface area contributed by atoms with E-state index in [0.29, 0.717) is 12.5 Å². The Kier molecular flexibility index (Phi) is 6.40. The fourth-order valence-corrected chi connectivity index (χ4v) is 3.79. The number of para-hydroxylation sites is 1. The zero-order chi connectivity index (χ0) is 17.5. The van der Waals surface area contributed by atoms with Gasteiger partial charge in [-0.05, 0) is 55.3 Å². The van der Waals surface area contributed by atoms with Crippen molar-refractivity contribution in [2.24, 2.45) is 0 Å². The molecule has 2 aromatic carbocycles. The number of nitrogens with zero attached hydrogens (tertiary/aromatic N) is 1. The van der Waals surface area contributed by atoms with Gasteiger partial charge in [0.2, 0.25) is 5.91 Å². The number of thioether (sulfide) groups is 1. The summed E-state index contributed by atoms with van der Waals surface area (Å²) in [6.07, 6.45) is 5.76. The average molecular weight is 355 g/mol. The first-order valence-electron chi connectivity index (χ1n) is 8.97. The highest BCUT2D eigenvalue weighted by molar-refractivity contribution is 7.98. The van der Waals surface area contributed by atoms with Gasteiger partial charge in [-0.1, -0.05) is 30.3 Å². The van der Waals surface area contributed by atoms with Crippen molar-refractivity contribution in [2.75, 3.05) is 24.2 Å². The molecule has 0 unspecified atom stereocenters. The first-order valence-corrected chi connectivity index (χ1v) is 10.2. The monoisotopic (exact) mass is 354 g/mol. The van der Waals surface area contributed by atoms with E-state index in [9.17, 15) is 4.79 Å².